The van der Waals surface area contributed by atoms with E-state index >= 15 is 0 Å². The SMILES string of the molecule is CC(=O)O[C@@H]1C(=O)OC(=O)[C@H]1OC(C)=O. The maximum absolute atomic E-state index is 11.0. The third-order valence-corrected chi connectivity index (χ3v) is 1.53. The van der Waals surface area contributed by atoms with E-state index < -0.39 is 36.1 Å². The summed E-state index contributed by atoms with van der Waals surface area (Å²) in [5.41, 5.74) is 0. The lowest BCUT2D eigenvalue weighted by atomic mass is 10.2. The third kappa shape index (κ3) is 2.52. The first-order chi connectivity index (χ1) is 6.91. The normalized spacial score (nSPS) is 24.7. The second-order valence-corrected chi connectivity index (χ2v) is 2.80. The summed E-state index contributed by atoms with van der Waals surface area (Å²) in [7, 11) is 0. The van der Waals surface area contributed by atoms with Crippen LogP contribution in [0.4, 0.5) is 0 Å². The summed E-state index contributed by atoms with van der Waals surface area (Å²) in [6.45, 7) is 2.11. The summed E-state index contributed by atoms with van der Waals surface area (Å²) >= 11 is 0. The fraction of sp³-hybridized carbons (Fsp3) is 0.500. The standard InChI is InChI=1S/C8H8O7/c1-3(9)13-5-6(14-4(2)10)8(12)15-7(5)11/h5-6H,1-2H3/t5-,6-/m0/s1. The zero-order chi connectivity index (χ0) is 11.6. The number of ether oxygens (including phenoxy) is 3. The molecule has 1 aliphatic heterocycles. The molecule has 2 atom stereocenters. The van der Waals surface area contributed by atoms with Gasteiger partial charge >= 0.3 is 23.9 Å². The lowest BCUT2D eigenvalue weighted by Crippen LogP contribution is -2.36. The van der Waals surface area contributed by atoms with Crippen molar-refractivity contribution in [3.05, 3.63) is 0 Å². The van der Waals surface area contributed by atoms with E-state index in [0.29, 0.717) is 0 Å². The van der Waals surface area contributed by atoms with Crippen LogP contribution in [0.2, 0.25) is 0 Å². The molecular formula is C8H8O7. The number of cyclic esters (lactones) is 2. The molecule has 1 saturated heterocycles. The largest absolute Gasteiger partial charge is 0.446 e. The fourth-order valence-electron chi connectivity index (χ4n) is 1.04. The zero-order valence-corrected chi connectivity index (χ0v) is 8.01. The Kier molecular flexibility index (Phi) is 3.03. The van der Waals surface area contributed by atoms with Crippen LogP contribution in [0.3, 0.4) is 0 Å². The summed E-state index contributed by atoms with van der Waals surface area (Å²) in [6, 6.07) is 0. The summed E-state index contributed by atoms with van der Waals surface area (Å²) in [5.74, 6) is -3.63. The average molecular weight is 216 g/mol. The van der Waals surface area contributed by atoms with E-state index in [1.807, 2.05) is 0 Å². The average Bonchev–Trinajstić information content (AvgIpc) is 2.30. The molecular weight excluding hydrogens is 208 g/mol. The van der Waals surface area contributed by atoms with Crippen molar-refractivity contribution in [2.24, 2.45) is 0 Å². The zero-order valence-electron chi connectivity index (χ0n) is 8.01. The Balaban J connectivity index is 2.79. The number of carbonyl (C=O) groups excluding carboxylic acids is 4. The van der Waals surface area contributed by atoms with Gasteiger partial charge in [-0.25, -0.2) is 9.59 Å². The Morgan fingerprint density at radius 3 is 1.60 bits per heavy atom. The van der Waals surface area contributed by atoms with Crippen LogP contribution in [0.25, 0.3) is 0 Å². The van der Waals surface area contributed by atoms with Crippen LogP contribution in [-0.4, -0.2) is 36.1 Å². The minimum absolute atomic E-state index is 0.774. The van der Waals surface area contributed by atoms with Crippen molar-refractivity contribution in [3.8, 4) is 0 Å². The van der Waals surface area contributed by atoms with Crippen molar-refractivity contribution in [1.82, 2.24) is 0 Å². The van der Waals surface area contributed by atoms with E-state index in [1.165, 1.54) is 0 Å². The molecule has 0 unspecified atom stereocenters. The maximum atomic E-state index is 11.0. The molecule has 0 aromatic rings. The molecule has 82 valence electrons. The van der Waals surface area contributed by atoms with E-state index in [0.717, 1.165) is 13.8 Å². The summed E-state index contributed by atoms with van der Waals surface area (Å²) in [5, 5.41) is 0. The van der Waals surface area contributed by atoms with Gasteiger partial charge in [-0.3, -0.25) is 9.59 Å². The van der Waals surface area contributed by atoms with Gasteiger partial charge in [-0.2, -0.15) is 0 Å². The quantitative estimate of drug-likeness (QED) is 0.329. The first-order valence-electron chi connectivity index (χ1n) is 4.02. The van der Waals surface area contributed by atoms with Crippen LogP contribution in [0, 0.1) is 0 Å². The van der Waals surface area contributed by atoms with Crippen LogP contribution in [-0.2, 0) is 33.4 Å². The van der Waals surface area contributed by atoms with Crippen molar-refractivity contribution >= 4 is 23.9 Å². The Morgan fingerprint density at radius 2 is 1.33 bits per heavy atom. The number of esters is 4. The minimum atomic E-state index is -1.50. The third-order valence-electron chi connectivity index (χ3n) is 1.53. The summed E-state index contributed by atoms with van der Waals surface area (Å²) in [6.07, 6.45) is -3.00. The Bertz CT molecular complexity index is 300. The molecule has 1 heterocycles. The molecule has 0 saturated carbocycles. The van der Waals surface area contributed by atoms with Crippen LogP contribution in [0.1, 0.15) is 13.8 Å². The first kappa shape index (κ1) is 11.2. The van der Waals surface area contributed by atoms with Crippen LogP contribution >= 0.6 is 0 Å². The van der Waals surface area contributed by atoms with Gasteiger partial charge in [0, 0.05) is 13.8 Å². The maximum Gasteiger partial charge on any atom is 0.359 e. The molecule has 1 rings (SSSR count). The first-order valence-corrected chi connectivity index (χ1v) is 4.02. The molecule has 0 aliphatic carbocycles. The molecule has 0 radical (unpaired) electrons. The van der Waals surface area contributed by atoms with Gasteiger partial charge in [0.2, 0.25) is 12.2 Å². The van der Waals surface area contributed by atoms with Crippen LogP contribution in [0.15, 0.2) is 0 Å². The number of rotatable bonds is 2. The van der Waals surface area contributed by atoms with E-state index in [4.69, 9.17) is 0 Å². The van der Waals surface area contributed by atoms with Crippen molar-refractivity contribution in [1.29, 1.82) is 0 Å². The monoisotopic (exact) mass is 216 g/mol. The molecule has 15 heavy (non-hydrogen) atoms. The summed E-state index contributed by atoms with van der Waals surface area (Å²) < 4.78 is 13.1. The predicted octanol–water partition coefficient (Wildman–Crippen LogP) is -1.07. The smallest absolute Gasteiger partial charge is 0.359 e. The number of hydrogen-bond donors (Lipinski definition) is 0. The predicted molar refractivity (Wildman–Crippen MR) is 42.2 cm³/mol. The highest BCUT2D eigenvalue weighted by atomic mass is 16.7. The second kappa shape index (κ2) is 4.07. The molecule has 0 aromatic heterocycles. The molecule has 0 bridgehead atoms. The topological polar surface area (TPSA) is 96.0 Å². The fourth-order valence-corrected chi connectivity index (χ4v) is 1.04. The molecule has 1 fully saturated rings. The van der Waals surface area contributed by atoms with Gasteiger partial charge in [-0.15, -0.1) is 0 Å². The van der Waals surface area contributed by atoms with Gasteiger partial charge in [0.05, 0.1) is 0 Å². The lowest BCUT2D eigenvalue weighted by Gasteiger charge is -2.12. The Morgan fingerprint density at radius 1 is 1.00 bits per heavy atom. The molecule has 0 aromatic carbocycles. The van der Waals surface area contributed by atoms with Crippen molar-refractivity contribution < 1.29 is 33.4 Å². The van der Waals surface area contributed by atoms with E-state index in [9.17, 15) is 19.2 Å². The van der Waals surface area contributed by atoms with Gasteiger partial charge in [0.1, 0.15) is 0 Å². The molecule has 0 amide bonds. The molecule has 1 aliphatic rings. The number of carbonyl (C=O) groups is 4. The number of hydrogen-bond acceptors (Lipinski definition) is 7. The Hall–Kier alpha value is -1.92. The molecule has 7 nitrogen and oxygen atoms in total. The van der Waals surface area contributed by atoms with E-state index in [-0.39, 0.29) is 0 Å². The highest BCUT2D eigenvalue weighted by Gasteiger charge is 2.49. The van der Waals surface area contributed by atoms with Gasteiger partial charge in [0.25, 0.3) is 0 Å². The van der Waals surface area contributed by atoms with Gasteiger partial charge in [0.15, 0.2) is 0 Å². The van der Waals surface area contributed by atoms with Crippen molar-refractivity contribution in [3.63, 3.8) is 0 Å². The lowest BCUT2D eigenvalue weighted by molar-refractivity contribution is -0.167. The second-order valence-electron chi connectivity index (χ2n) is 2.80. The van der Waals surface area contributed by atoms with E-state index in [1.54, 1.807) is 0 Å². The van der Waals surface area contributed by atoms with Crippen LogP contribution in [0.5, 0.6) is 0 Å². The molecule has 0 spiro atoms. The highest BCUT2D eigenvalue weighted by Crippen LogP contribution is 2.17. The van der Waals surface area contributed by atoms with Gasteiger partial charge in [-0.05, 0) is 0 Å². The Labute approximate surface area is 84.3 Å². The van der Waals surface area contributed by atoms with Crippen molar-refractivity contribution in [2.75, 3.05) is 0 Å². The summed E-state index contributed by atoms with van der Waals surface area (Å²) in [4.78, 5) is 43.2. The minimum Gasteiger partial charge on any atom is -0.446 e. The highest BCUT2D eigenvalue weighted by molar-refractivity contribution is 6.01. The van der Waals surface area contributed by atoms with Gasteiger partial charge in [-0.1, -0.05) is 0 Å². The van der Waals surface area contributed by atoms with Crippen LogP contribution < -0.4 is 0 Å². The molecule has 0 N–H and O–H groups in total. The molecule has 7 heteroatoms. The van der Waals surface area contributed by atoms with E-state index in [2.05, 4.69) is 14.2 Å². The van der Waals surface area contributed by atoms with Gasteiger partial charge < -0.3 is 14.2 Å². The van der Waals surface area contributed by atoms with Crippen molar-refractivity contribution in [2.45, 2.75) is 26.1 Å².